The van der Waals surface area contributed by atoms with Gasteiger partial charge in [-0.25, -0.2) is 0 Å². The van der Waals surface area contributed by atoms with E-state index in [1.54, 1.807) is 0 Å². The monoisotopic (exact) mass is 267 g/mol. The predicted octanol–water partition coefficient (Wildman–Crippen LogP) is -1.11. The molecule has 3 heterocycles. The molecule has 0 aromatic carbocycles. The average molecular weight is 267 g/mol. The molecule has 0 spiro atoms. The van der Waals surface area contributed by atoms with Gasteiger partial charge in [-0.3, -0.25) is 9.36 Å². The van der Waals surface area contributed by atoms with Crippen molar-refractivity contribution in [2.24, 2.45) is 5.11 Å². The quantitative estimate of drug-likeness (QED) is 0.395. The van der Waals surface area contributed by atoms with Crippen molar-refractivity contribution < 1.29 is 19.7 Å². The number of aromatic nitrogens is 2. The molecular weight excluding hydrogens is 258 g/mol. The fourth-order valence-electron chi connectivity index (χ4n) is 2.22. The number of fused-ring (bicyclic) bond motifs is 3. The molecule has 2 aliphatic rings. The average Bonchev–Trinajstić information content (AvgIpc) is 2.86. The van der Waals surface area contributed by atoms with E-state index in [1.807, 2.05) is 0 Å². The Balaban J connectivity index is 2.03. The SMILES string of the molecule is [N-]=[N+]=N[C@]1(CO)O[C@@H]2C(Oc3nc(=O)ccn32)[C@@H]1O. The largest absolute Gasteiger partial charge is 0.453 e. The molecule has 10 heteroatoms. The van der Waals surface area contributed by atoms with Crippen molar-refractivity contribution >= 4 is 0 Å². The van der Waals surface area contributed by atoms with Gasteiger partial charge in [-0.15, -0.1) is 0 Å². The van der Waals surface area contributed by atoms with Crippen LogP contribution >= 0.6 is 0 Å². The molecule has 3 rings (SSSR count). The molecule has 10 nitrogen and oxygen atoms in total. The molecule has 100 valence electrons. The first-order chi connectivity index (χ1) is 9.11. The fourth-order valence-corrected chi connectivity index (χ4v) is 2.22. The lowest BCUT2D eigenvalue weighted by molar-refractivity contribution is -0.123. The van der Waals surface area contributed by atoms with Crippen LogP contribution in [0.4, 0.5) is 0 Å². The van der Waals surface area contributed by atoms with E-state index in [1.165, 1.54) is 16.8 Å². The number of rotatable bonds is 2. The van der Waals surface area contributed by atoms with Crippen LogP contribution in [-0.4, -0.2) is 44.3 Å². The minimum atomic E-state index is -1.80. The van der Waals surface area contributed by atoms with E-state index >= 15 is 0 Å². The number of hydrogen-bond acceptors (Lipinski definition) is 7. The van der Waals surface area contributed by atoms with Crippen molar-refractivity contribution in [2.75, 3.05) is 6.61 Å². The molecule has 19 heavy (non-hydrogen) atoms. The number of aliphatic hydroxyl groups excluding tert-OH is 2. The Kier molecular flexibility index (Phi) is 2.47. The van der Waals surface area contributed by atoms with Gasteiger partial charge in [0.25, 0.3) is 5.56 Å². The van der Waals surface area contributed by atoms with E-state index in [2.05, 4.69) is 15.0 Å². The second kappa shape index (κ2) is 3.93. The molecule has 4 atom stereocenters. The number of nitrogens with zero attached hydrogens (tertiary/aromatic N) is 5. The third kappa shape index (κ3) is 1.52. The minimum absolute atomic E-state index is 0.00836. The summed E-state index contributed by atoms with van der Waals surface area (Å²) < 4.78 is 12.1. The van der Waals surface area contributed by atoms with Gasteiger partial charge in [0, 0.05) is 17.2 Å². The molecular formula is C9H9N5O5. The van der Waals surface area contributed by atoms with Crippen molar-refractivity contribution in [3.8, 4) is 6.01 Å². The van der Waals surface area contributed by atoms with Crippen LogP contribution in [0.1, 0.15) is 6.23 Å². The van der Waals surface area contributed by atoms with Crippen molar-refractivity contribution in [1.82, 2.24) is 9.55 Å². The summed E-state index contributed by atoms with van der Waals surface area (Å²) in [5.41, 5.74) is 6.21. The lowest BCUT2D eigenvalue weighted by Gasteiger charge is -2.25. The van der Waals surface area contributed by atoms with Gasteiger partial charge in [-0.05, 0) is 5.53 Å². The second-order valence-electron chi connectivity index (χ2n) is 4.18. The summed E-state index contributed by atoms with van der Waals surface area (Å²) >= 11 is 0. The standard InChI is InChI=1S/C9H9N5O5/c10-13-12-9(3-15)6(17)5-7(19-9)14-2-1-4(16)11-8(14)18-5/h1-2,5-7,15,17H,3H2/t5?,6-,7+,9+/m0/s1. The topological polar surface area (TPSA) is 143 Å². The summed E-state index contributed by atoms with van der Waals surface area (Å²) in [7, 11) is 0. The lowest BCUT2D eigenvalue weighted by atomic mass is 10.1. The maximum atomic E-state index is 11.1. The second-order valence-corrected chi connectivity index (χ2v) is 4.18. The van der Waals surface area contributed by atoms with Crippen molar-refractivity contribution in [3.05, 3.63) is 33.1 Å². The number of ether oxygens (including phenoxy) is 2. The van der Waals surface area contributed by atoms with E-state index < -0.39 is 36.3 Å². The number of aliphatic hydroxyl groups is 2. The van der Waals surface area contributed by atoms with Crippen molar-refractivity contribution in [3.63, 3.8) is 0 Å². The zero-order chi connectivity index (χ0) is 13.6. The van der Waals surface area contributed by atoms with Crippen LogP contribution in [0.15, 0.2) is 22.2 Å². The Labute approximate surface area is 105 Å². The Morgan fingerprint density at radius 2 is 2.47 bits per heavy atom. The molecule has 1 saturated heterocycles. The first-order valence-electron chi connectivity index (χ1n) is 5.40. The normalized spacial score (nSPS) is 35.2. The summed E-state index contributed by atoms with van der Waals surface area (Å²) in [6.45, 7) is -0.697. The molecule has 0 amide bonds. The van der Waals surface area contributed by atoms with Crippen LogP contribution in [0.5, 0.6) is 6.01 Å². The highest BCUT2D eigenvalue weighted by Crippen LogP contribution is 2.44. The summed E-state index contributed by atoms with van der Waals surface area (Å²) in [4.78, 5) is 17.3. The highest BCUT2D eigenvalue weighted by atomic mass is 16.6. The van der Waals surface area contributed by atoms with Crippen LogP contribution in [0.3, 0.4) is 0 Å². The molecule has 1 fully saturated rings. The summed E-state index contributed by atoms with van der Waals surface area (Å²) in [6.07, 6.45) is -1.72. The van der Waals surface area contributed by atoms with Gasteiger partial charge in [-0.2, -0.15) is 4.98 Å². The van der Waals surface area contributed by atoms with E-state index in [9.17, 15) is 15.0 Å². The molecule has 0 bridgehead atoms. The molecule has 2 N–H and O–H groups in total. The van der Waals surface area contributed by atoms with Crippen LogP contribution in [0.25, 0.3) is 10.4 Å². The van der Waals surface area contributed by atoms with Crippen LogP contribution < -0.4 is 10.3 Å². The van der Waals surface area contributed by atoms with Crippen LogP contribution in [-0.2, 0) is 4.74 Å². The Bertz CT molecular complexity index is 626. The third-order valence-corrected chi connectivity index (χ3v) is 3.14. The molecule has 1 unspecified atom stereocenters. The van der Waals surface area contributed by atoms with Gasteiger partial charge in [0.1, 0.15) is 6.10 Å². The van der Waals surface area contributed by atoms with Gasteiger partial charge in [0.05, 0.1) is 6.61 Å². The zero-order valence-corrected chi connectivity index (χ0v) is 9.45. The Hall–Kier alpha value is -2.13. The van der Waals surface area contributed by atoms with Crippen molar-refractivity contribution in [1.29, 1.82) is 0 Å². The summed E-state index contributed by atoms with van der Waals surface area (Å²) in [5, 5.41) is 22.7. The van der Waals surface area contributed by atoms with E-state index in [0.29, 0.717) is 0 Å². The molecule has 1 aromatic heterocycles. The lowest BCUT2D eigenvalue weighted by Crippen LogP contribution is -2.45. The highest BCUT2D eigenvalue weighted by molar-refractivity contribution is 5.13. The van der Waals surface area contributed by atoms with E-state index in [4.69, 9.17) is 15.0 Å². The van der Waals surface area contributed by atoms with Gasteiger partial charge in [0.2, 0.25) is 5.72 Å². The molecule has 1 aromatic rings. The molecule has 0 radical (unpaired) electrons. The first-order valence-corrected chi connectivity index (χ1v) is 5.40. The maximum absolute atomic E-state index is 11.1. The number of azide groups is 1. The summed E-state index contributed by atoms with van der Waals surface area (Å²) in [5.74, 6) is 0. The molecule has 0 saturated carbocycles. The highest BCUT2D eigenvalue weighted by Gasteiger charge is 2.59. The first kappa shape index (κ1) is 11.9. The Morgan fingerprint density at radius 1 is 1.68 bits per heavy atom. The fraction of sp³-hybridized carbons (Fsp3) is 0.556. The van der Waals surface area contributed by atoms with Gasteiger partial charge >= 0.3 is 6.01 Å². The van der Waals surface area contributed by atoms with Crippen LogP contribution in [0.2, 0.25) is 0 Å². The van der Waals surface area contributed by atoms with Gasteiger partial charge in [0.15, 0.2) is 12.3 Å². The maximum Gasteiger partial charge on any atom is 0.302 e. The van der Waals surface area contributed by atoms with Gasteiger partial charge < -0.3 is 19.7 Å². The predicted molar refractivity (Wildman–Crippen MR) is 58.0 cm³/mol. The zero-order valence-electron chi connectivity index (χ0n) is 9.45. The number of hydrogen-bond donors (Lipinski definition) is 2. The van der Waals surface area contributed by atoms with E-state index in [0.717, 1.165) is 0 Å². The molecule has 0 aliphatic carbocycles. The molecule has 2 aliphatic heterocycles. The van der Waals surface area contributed by atoms with Crippen LogP contribution in [0, 0.1) is 0 Å². The Morgan fingerprint density at radius 3 is 3.16 bits per heavy atom. The van der Waals surface area contributed by atoms with Gasteiger partial charge in [-0.1, -0.05) is 5.11 Å². The smallest absolute Gasteiger partial charge is 0.302 e. The summed E-state index contributed by atoms with van der Waals surface area (Å²) in [6, 6.07) is 1.21. The van der Waals surface area contributed by atoms with E-state index in [-0.39, 0.29) is 6.01 Å². The third-order valence-electron chi connectivity index (χ3n) is 3.14. The minimum Gasteiger partial charge on any atom is -0.453 e. The van der Waals surface area contributed by atoms with Crippen molar-refractivity contribution in [2.45, 2.75) is 24.2 Å².